The molecule has 0 amide bonds. The molecule has 1 saturated heterocycles. The Kier molecular flexibility index (Phi) is 4.29. The minimum absolute atomic E-state index is 0.310. The summed E-state index contributed by atoms with van der Waals surface area (Å²) in [6, 6.07) is 9.96. The number of hydrogen-bond donors (Lipinski definition) is 1. The first kappa shape index (κ1) is 18.1. The molecule has 1 N–H and O–H groups in total. The molecular formula is C21H20ClN5O2. The van der Waals surface area contributed by atoms with Crippen LogP contribution in [0, 0.1) is 0 Å². The van der Waals surface area contributed by atoms with Crippen molar-refractivity contribution >= 4 is 34.2 Å². The number of aromatic nitrogens is 3. The Balaban J connectivity index is 1.58. The van der Waals surface area contributed by atoms with E-state index < -0.39 is 5.63 Å². The summed E-state index contributed by atoms with van der Waals surface area (Å²) in [7, 11) is 0. The molecule has 29 heavy (non-hydrogen) atoms. The maximum atomic E-state index is 12.7. The molecule has 1 fully saturated rings. The van der Waals surface area contributed by atoms with Gasteiger partial charge < -0.3 is 19.0 Å². The van der Waals surface area contributed by atoms with Crippen molar-refractivity contribution in [1.82, 2.24) is 19.7 Å². The maximum absolute atomic E-state index is 12.7. The lowest BCUT2D eigenvalue weighted by atomic mass is 10.1. The lowest BCUT2D eigenvalue weighted by molar-refractivity contribution is 0.422. The van der Waals surface area contributed by atoms with Crippen molar-refractivity contribution < 1.29 is 4.42 Å². The second-order valence-corrected chi connectivity index (χ2v) is 7.94. The number of nitrogens with zero attached hydrogens (tertiary/aromatic N) is 4. The van der Waals surface area contributed by atoms with Gasteiger partial charge in [0.05, 0.1) is 16.3 Å². The molecule has 1 aliphatic rings. The molecule has 0 spiro atoms. The molecule has 0 unspecified atom stereocenters. The predicted octanol–water partition coefficient (Wildman–Crippen LogP) is 3.34. The Hall–Kier alpha value is -2.90. The van der Waals surface area contributed by atoms with Gasteiger partial charge in [-0.1, -0.05) is 11.6 Å². The molecule has 5 rings (SSSR count). The fourth-order valence-electron chi connectivity index (χ4n) is 3.78. The maximum Gasteiger partial charge on any atom is 0.347 e. The van der Waals surface area contributed by atoms with E-state index in [4.69, 9.17) is 16.0 Å². The third-order valence-electron chi connectivity index (χ3n) is 5.35. The van der Waals surface area contributed by atoms with Crippen molar-refractivity contribution in [3.05, 3.63) is 58.2 Å². The molecule has 1 aliphatic heterocycles. The van der Waals surface area contributed by atoms with Crippen LogP contribution in [-0.2, 0) is 0 Å². The molecule has 0 bridgehead atoms. The first-order valence-corrected chi connectivity index (χ1v) is 9.96. The van der Waals surface area contributed by atoms with Gasteiger partial charge in [0, 0.05) is 43.0 Å². The van der Waals surface area contributed by atoms with Gasteiger partial charge in [0.2, 0.25) is 5.71 Å². The number of imidazole rings is 1. The van der Waals surface area contributed by atoms with Gasteiger partial charge in [-0.15, -0.1) is 0 Å². The van der Waals surface area contributed by atoms with Crippen LogP contribution in [-0.4, -0.2) is 39.5 Å². The van der Waals surface area contributed by atoms with E-state index in [0.717, 1.165) is 24.3 Å². The molecule has 5 heterocycles. The Bertz CT molecular complexity index is 1280. The first-order chi connectivity index (χ1) is 14.0. The van der Waals surface area contributed by atoms with Crippen LogP contribution in [0.1, 0.15) is 13.8 Å². The summed E-state index contributed by atoms with van der Waals surface area (Å²) in [5, 5.41) is 4.73. The van der Waals surface area contributed by atoms with Crippen molar-refractivity contribution in [1.29, 1.82) is 0 Å². The van der Waals surface area contributed by atoms with Gasteiger partial charge in [0.1, 0.15) is 5.82 Å². The van der Waals surface area contributed by atoms with Gasteiger partial charge in [-0.2, -0.15) is 4.98 Å². The fourth-order valence-corrected chi connectivity index (χ4v) is 3.99. The van der Waals surface area contributed by atoms with E-state index in [1.54, 1.807) is 22.7 Å². The highest BCUT2D eigenvalue weighted by Gasteiger charge is 2.24. The van der Waals surface area contributed by atoms with Crippen LogP contribution >= 0.6 is 11.6 Å². The first-order valence-electron chi connectivity index (χ1n) is 9.58. The zero-order valence-corrected chi connectivity index (χ0v) is 16.8. The average molecular weight is 410 g/mol. The van der Waals surface area contributed by atoms with Crippen molar-refractivity contribution in [2.45, 2.75) is 25.9 Å². The van der Waals surface area contributed by atoms with Gasteiger partial charge in [-0.05, 0) is 44.2 Å². The second kappa shape index (κ2) is 6.86. The van der Waals surface area contributed by atoms with Crippen LogP contribution in [0.2, 0.25) is 5.02 Å². The zero-order chi connectivity index (χ0) is 20.1. The lowest BCUT2D eigenvalue weighted by Gasteiger charge is -2.38. The number of pyridine rings is 2. The van der Waals surface area contributed by atoms with Gasteiger partial charge in [-0.3, -0.25) is 0 Å². The van der Waals surface area contributed by atoms with E-state index in [2.05, 4.69) is 34.0 Å². The summed E-state index contributed by atoms with van der Waals surface area (Å²) in [4.78, 5) is 24.0. The monoisotopic (exact) mass is 409 g/mol. The largest absolute Gasteiger partial charge is 0.403 e. The minimum atomic E-state index is -0.469. The number of anilines is 1. The smallest absolute Gasteiger partial charge is 0.347 e. The number of rotatable bonds is 2. The van der Waals surface area contributed by atoms with E-state index in [9.17, 15) is 4.79 Å². The normalized spacial score (nSPS) is 19.9. The lowest BCUT2D eigenvalue weighted by Crippen LogP contribution is -2.54. The SMILES string of the molecule is C[C@@H]1CN[C@@H](C)CN1c1ccc2cc(-c3cn4cccc(Cl)c4n3)c(=O)oc2n1. The molecule has 0 radical (unpaired) electrons. The van der Waals surface area contributed by atoms with E-state index in [0.29, 0.717) is 39.7 Å². The summed E-state index contributed by atoms with van der Waals surface area (Å²) in [5.41, 5.74) is 1.36. The van der Waals surface area contributed by atoms with Crippen LogP contribution in [0.25, 0.3) is 28.0 Å². The van der Waals surface area contributed by atoms with Crippen LogP contribution in [0.3, 0.4) is 0 Å². The Morgan fingerprint density at radius 1 is 1.24 bits per heavy atom. The van der Waals surface area contributed by atoms with E-state index in [-0.39, 0.29) is 0 Å². The highest BCUT2D eigenvalue weighted by Crippen LogP contribution is 2.25. The van der Waals surface area contributed by atoms with Crippen LogP contribution in [0.15, 0.2) is 51.9 Å². The molecule has 0 aliphatic carbocycles. The number of fused-ring (bicyclic) bond motifs is 2. The number of halogens is 1. The van der Waals surface area contributed by atoms with Crippen LogP contribution in [0.5, 0.6) is 0 Å². The quantitative estimate of drug-likeness (QED) is 0.547. The molecule has 148 valence electrons. The third kappa shape index (κ3) is 3.16. The summed E-state index contributed by atoms with van der Waals surface area (Å²) >= 11 is 6.20. The molecule has 7 nitrogen and oxygen atoms in total. The molecule has 4 aromatic heterocycles. The third-order valence-corrected chi connectivity index (χ3v) is 5.65. The molecule has 0 saturated carbocycles. The zero-order valence-electron chi connectivity index (χ0n) is 16.1. The molecule has 2 atom stereocenters. The van der Waals surface area contributed by atoms with Gasteiger partial charge >= 0.3 is 5.63 Å². The number of hydrogen-bond acceptors (Lipinski definition) is 6. The Morgan fingerprint density at radius 3 is 2.93 bits per heavy atom. The minimum Gasteiger partial charge on any atom is -0.403 e. The summed E-state index contributed by atoms with van der Waals surface area (Å²) in [6.45, 7) is 6.04. The summed E-state index contributed by atoms with van der Waals surface area (Å²) in [5.74, 6) is 0.814. The fraction of sp³-hybridized carbons (Fsp3) is 0.286. The summed E-state index contributed by atoms with van der Waals surface area (Å²) in [6.07, 6.45) is 3.61. The second-order valence-electron chi connectivity index (χ2n) is 7.54. The number of piperazine rings is 1. The van der Waals surface area contributed by atoms with Crippen LogP contribution in [0.4, 0.5) is 5.82 Å². The Labute approximate surface area is 171 Å². The van der Waals surface area contributed by atoms with E-state index in [1.807, 2.05) is 24.4 Å². The topological polar surface area (TPSA) is 75.7 Å². The van der Waals surface area contributed by atoms with Crippen LogP contribution < -0.4 is 15.8 Å². The predicted molar refractivity (Wildman–Crippen MR) is 114 cm³/mol. The summed E-state index contributed by atoms with van der Waals surface area (Å²) < 4.78 is 7.36. The van der Waals surface area contributed by atoms with Crippen molar-refractivity contribution in [2.75, 3.05) is 18.0 Å². The van der Waals surface area contributed by atoms with E-state index in [1.165, 1.54) is 0 Å². The molecule has 0 aromatic carbocycles. The highest BCUT2D eigenvalue weighted by atomic mass is 35.5. The highest BCUT2D eigenvalue weighted by molar-refractivity contribution is 6.33. The van der Waals surface area contributed by atoms with Crippen molar-refractivity contribution in [2.24, 2.45) is 0 Å². The average Bonchev–Trinajstić information content (AvgIpc) is 3.14. The molecule has 4 aromatic rings. The Morgan fingerprint density at radius 2 is 2.10 bits per heavy atom. The van der Waals surface area contributed by atoms with Gasteiger partial charge in [-0.25, -0.2) is 9.78 Å². The van der Waals surface area contributed by atoms with E-state index >= 15 is 0 Å². The number of nitrogens with one attached hydrogen (secondary N) is 1. The molecular weight excluding hydrogens is 390 g/mol. The van der Waals surface area contributed by atoms with Gasteiger partial charge in [0.25, 0.3) is 0 Å². The van der Waals surface area contributed by atoms with Crippen molar-refractivity contribution in [3.8, 4) is 11.3 Å². The molecule has 8 heteroatoms. The standard InChI is InChI=1S/C21H20ClN5O2/c1-12-10-27(13(2)9-23-12)18-6-5-14-8-15(21(28)29-20(14)25-18)17-11-26-7-3-4-16(22)19(26)24-17/h3-8,11-13,23H,9-10H2,1-2H3/t12-,13+/m0/s1. The van der Waals surface area contributed by atoms with Gasteiger partial charge in [0.15, 0.2) is 5.65 Å². The van der Waals surface area contributed by atoms with Crippen molar-refractivity contribution in [3.63, 3.8) is 0 Å².